The average Bonchev–Trinajstić information content (AvgIpc) is 3.33. The molecule has 1 aromatic heterocycles. The SMILES string of the molecule is CCCNC(=O)c1nnc(-c2cc(C(C)C)c(O)cc2O)n1-c1ccc(CN2CCN(CC)CC2)cc1. The number of hydrogen-bond acceptors (Lipinski definition) is 7. The van der Waals surface area contributed by atoms with E-state index in [0.29, 0.717) is 23.5 Å². The fourth-order valence-electron chi connectivity index (χ4n) is 4.68. The Balaban J connectivity index is 1.69. The Morgan fingerprint density at radius 2 is 1.65 bits per heavy atom. The molecule has 0 aliphatic carbocycles. The fraction of sp³-hybridized carbons (Fsp3) is 0.464. The smallest absolute Gasteiger partial charge is 0.289 e. The third kappa shape index (κ3) is 5.94. The Labute approximate surface area is 218 Å². The van der Waals surface area contributed by atoms with E-state index < -0.39 is 0 Å². The van der Waals surface area contributed by atoms with Gasteiger partial charge in [-0.25, -0.2) is 0 Å². The van der Waals surface area contributed by atoms with Gasteiger partial charge in [-0.05, 0) is 48.2 Å². The van der Waals surface area contributed by atoms with Gasteiger partial charge < -0.3 is 20.4 Å². The third-order valence-corrected chi connectivity index (χ3v) is 6.92. The first-order valence-corrected chi connectivity index (χ1v) is 13.2. The number of hydrogen-bond donors (Lipinski definition) is 3. The minimum Gasteiger partial charge on any atom is -0.508 e. The Kier molecular flexibility index (Phi) is 8.45. The van der Waals surface area contributed by atoms with Crippen LogP contribution in [0.5, 0.6) is 11.5 Å². The van der Waals surface area contributed by atoms with Crippen molar-refractivity contribution in [1.82, 2.24) is 29.9 Å². The van der Waals surface area contributed by atoms with E-state index in [9.17, 15) is 15.0 Å². The van der Waals surface area contributed by atoms with Gasteiger partial charge in [-0.15, -0.1) is 10.2 Å². The minimum atomic E-state index is -0.333. The number of likely N-dealkylation sites (N-methyl/N-ethyl adjacent to an activating group) is 1. The first-order chi connectivity index (χ1) is 17.8. The molecule has 37 heavy (non-hydrogen) atoms. The third-order valence-electron chi connectivity index (χ3n) is 6.92. The first kappa shape index (κ1) is 26.6. The summed E-state index contributed by atoms with van der Waals surface area (Å²) in [4.78, 5) is 17.9. The molecule has 1 saturated heterocycles. The molecular weight excluding hydrogens is 468 g/mol. The lowest BCUT2D eigenvalue weighted by Crippen LogP contribution is -2.45. The number of nitrogens with zero attached hydrogens (tertiary/aromatic N) is 5. The zero-order valence-corrected chi connectivity index (χ0v) is 22.2. The van der Waals surface area contributed by atoms with E-state index >= 15 is 0 Å². The molecule has 1 aliphatic rings. The second kappa shape index (κ2) is 11.7. The highest BCUT2D eigenvalue weighted by Gasteiger charge is 2.24. The molecule has 1 fully saturated rings. The van der Waals surface area contributed by atoms with Crippen LogP contribution >= 0.6 is 0 Å². The molecule has 0 bridgehead atoms. The number of aromatic hydroxyl groups is 2. The van der Waals surface area contributed by atoms with E-state index in [-0.39, 0.29) is 29.1 Å². The van der Waals surface area contributed by atoms with Crippen molar-refractivity contribution in [3.8, 4) is 28.6 Å². The van der Waals surface area contributed by atoms with Crippen LogP contribution in [0.3, 0.4) is 0 Å². The Morgan fingerprint density at radius 1 is 0.973 bits per heavy atom. The first-order valence-electron chi connectivity index (χ1n) is 13.2. The van der Waals surface area contributed by atoms with Crippen LogP contribution in [-0.2, 0) is 6.54 Å². The van der Waals surface area contributed by atoms with Gasteiger partial charge in [-0.1, -0.05) is 39.8 Å². The Morgan fingerprint density at radius 3 is 2.27 bits per heavy atom. The highest BCUT2D eigenvalue weighted by molar-refractivity contribution is 5.92. The molecule has 2 aromatic carbocycles. The molecule has 3 aromatic rings. The second-order valence-corrected chi connectivity index (χ2v) is 9.90. The van der Waals surface area contributed by atoms with Gasteiger partial charge >= 0.3 is 0 Å². The molecule has 3 N–H and O–H groups in total. The average molecular weight is 507 g/mol. The van der Waals surface area contributed by atoms with Crippen LogP contribution in [0.15, 0.2) is 36.4 Å². The highest BCUT2D eigenvalue weighted by Crippen LogP contribution is 2.38. The lowest BCUT2D eigenvalue weighted by atomic mass is 9.98. The van der Waals surface area contributed by atoms with Crippen molar-refractivity contribution < 1.29 is 15.0 Å². The molecule has 0 saturated carbocycles. The Hall–Kier alpha value is -3.43. The molecule has 1 aliphatic heterocycles. The van der Waals surface area contributed by atoms with Crippen molar-refractivity contribution in [2.24, 2.45) is 0 Å². The summed E-state index contributed by atoms with van der Waals surface area (Å²) in [6.07, 6.45) is 0.796. The molecule has 0 radical (unpaired) electrons. The standard InChI is InChI=1S/C28H38N6O3/c1-5-11-29-28(37)27-31-30-26(23-16-22(19(3)4)24(35)17-25(23)36)34(27)21-9-7-20(8-10-21)18-33-14-12-32(6-2)13-15-33/h7-10,16-17,19,35-36H,5-6,11-15,18H2,1-4H3,(H,29,37). The maximum Gasteiger partial charge on any atom is 0.289 e. The lowest BCUT2D eigenvalue weighted by Gasteiger charge is -2.34. The van der Waals surface area contributed by atoms with Gasteiger partial charge in [-0.3, -0.25) is 14.3 Å². The largest absolute Gasteiger partial charge is 0.508 e. The maximum absolute atomic E-state index is 13.0. The summed E-state index contributed by atoms with van der Waals surface area (Å²) in [5.41, 5.74) is 2.99. The number of benzene rings is 2. The van der Waals surface area contributed by atoms with Crippen LogP contribution in [-0.4, -0.2) is 80.0 Å². The van der Waals surface area contributed by atoms with Gasteiger partial charge in [-0.2, -0.15) is 0 Å². The predicted octanol–water partition coefficient (Wildman–Crippen LogP) is 3.75. The van der Waals surface area contributed by atoms with Crippen molar-refractivity contribution in [3.05, 3.63) is 53.3 Å². The summed E-state index contributed by atoms with van der Waals surface area (Å²) in [5.74, 6) is 0.0727. The number of piperazine rings is 1. The lowest BCUT2D eigenvalue weighted by molar-refractivity contribution is 0.0941. The van der Waals surface area contributed by atoms with E-state index in [1.807, 2.05) is 32.9 Å². The van der Waals surface area contributed by atoms with Crippen molar-refractivity contribution in [2.45, 2.75) is 46.6 Å². The number of amides is 1. The topological polar surface area (TPSA) is 107 Å². The Bertz CT molecular complexity index is 1210. The van der Waals surface area contributed by atoms with Crippen molar-refractivity contribution >= 4 is 5.91 Å². The summed E-state index contributed by atoms with van der Waals surface area (Å²) in [6, 6.07) is 11.1. The molecule has 198 valence electrons. The van der Waals surface area contributed by atoms with Gasteiger partial charge in [0.15, 0.2) is 5.82 Å². The second-order valence-electron chi connectivity index (χ2n) is 9.90. The zero-order valence-electron chi connectivity index (χ0n) is 22.2. The van der Waals surface area contributed by atoms with Crippen LogP contribution in [0.2, 0.25) is 0 Å². The van der Waals surface area contributed by atoms with Crippen LogP contribution in [0.25, 0.3) is 17.1 Å². The quantitative estimate of drug-likeness (QED) is 0.406. The summed E-state index contributed by atoms with van der Waals surface area (Å²) in [6.45, 7) is 14.9. The molecule has 9 nitrogen and oxygen atoms in total. The molecular formula is C28H38N6O3. The number of carbonyl (C=O) groups excluding carboxylic acids is 1. The van der Waals surface area contributed by atoms with Crippen LogP contribution in [0, 0.1) is 0 Å². The van der Waals surface area contributed by atoms with Gasteiger partial charge in [0.05, 0.1) is 5.56 Å². The van der Waals surface area contributed by atoms with Gasteiger partial charge in [0, 0.05) is 51.0 Å². The van der Waals surface area contributed by atoms with Gasteiger partial charge in [0.25, 0.3) is 5.91 Å². The number of phenols is 2. The van der Waals surface area contributed by atoms with Crippen LogP contribution in [0.1, 0.15) is 61.8 Å². The number of phenolic OH excluding ortho intramolecular Hbond substituents is 2. The van der Waals surface area contributed by atoms with Gasteiger partial charge in [0.2, 0.25) is 5.82 Å². The van der Waals surface area contributed by atoms with E-state index in [0.717, 1.165) is 51.4 Å². The van der Waals surface area contributed by atoms with E-state index in [1.54, 1.807) is 10.6 Å². The molecule has 0 atom stereocenters. The maximum atomic E-state index is 13.0. The van der Waals surface area contributed by atoms with Crippen molar-refractivity contribution in [1.29, 1.82) is 0 Å². The van der Waals surface area contributed by atoms with Crippen molar-refractivity contribution in [2.75, 3.05) is 39.3 Å². The minimum absolute atomic E-state index is 0.0207. The van der Waals surface area contributed by atoms with Crippen molar-refractivity contribution in [3.63, 3.8) is 0 Å². The highest BCUT2D eigenvalue weighted by atomic mass is 16.3. The fourth-order valence-corrected chi connectivity index (χ4v) is 4.68. The number of nitrogens with one attached hydrogen (secondary N) is 1. The van der Waals surface area contributed by atoms with E-state index in [1.165, 1.54) is 11.6 Å². The predicted molar refractivity (Wildman–Crippen MR) is 144 cm³/mol. The summed E-state index contributed by atoms with van der Waals surface area (Å²) >= 11 is 0. The number of rotatable bonds is 9. The molecule has 4 rings (SSSR count). The normalized spacial score (nSPS) is 14.8. The summed E-state index contributed by atoms with van der Waals surface area (Å²) in [7, 11) is 0. The summed E-state index contributed by atoms with van der Waals surface area (Å²) < 4.78 is 1.67. The number of aromatic nitrogens is 3. The zero-order chi connectivity index (χ0) is 26.5. The molecule has 1 amide bonds. The number of carbonyl (C=O) groups is 1. The van der Waals surface area contributed by atoms with Crippen LogP contribution in [0.4, 0.5) is 0 Å². The monoisotopic (exact) mass is 506 g/mol. The van der Waals surface area contributed by atoms with Gasteiger partial charge in [0.1, 0.15) is 11.5 Å². The van der Waals surface area contributed by atoms with E-state index in [4.69, 9.17) is 0 Å². The van der Waals surface area contributed by atoms with Crippen LogP contribution < -0.4 is 5.32 Å². The van der Waals surface area contributed by atoms with E-state index in [2.05, 4.69) is 44.4 Å². The molecule has 2 heterocycles. The summed E-state index contributed by atoms with van der Waals surface area (Å²) in [5, 5.41) is 32.4. The molecule has 0 unspecified atom stereocenters. The molecule has 0 spiro atoms. The molecule has 9 heteroatoms.